The molecule has 2 N–H and O–H groups in total. The average molecular weight is 517 g/mol. The fraction of sp³-hybridized carbons (Fsp3) is 0.103. The topological polar surface area (TPSA) is 67.4 Å². The van der Waals surface area contributed by atoms with Gasteiger partial charge in [0.15, 0.2) is 0 Å². The van der Waals surface area contributed by atoms with Crippen LogP contribution in [0.15, 0.2) is 108 Å². The number of rotatable bonds is 9. The Balaban J connectivity index is 1.53. The Morgan fingerprint density at radius 2 is 1.58 bits per heavy atom. The summed E-state index contributed by atoms with van der Waals surface area (Å²) in [5.74, 6) is 0.201. The second-order valence-electron chi connectivity index (χ2n) is 7.98. The minimum absolute atomic E-state index is 0.103. The molecule has 0 aliphatic rings. The summed E-state index contributed by atoms with van der Waals surface area (Å²) in [6, 6.07) is 31.7. The lowest BCUT2D eigenvalue weighted by Gasteiger charge is -2.19. The maximum absolute atomic E-state index is 13.5. The van der Waals surface area contributed by atoms with E-state index in [0.29, 0.717) is 22.1 Å². The molecule has 0 aliphatic carbocycles. The predicted octanol–water partition coefficient (Wildman–Crippen LogP) is 7.00. The van der Waals surface area contributed by atoms with Gasteiger partial charge in [-0.05, 0) is 47.5 Å². The van der Waals surface area contributed by atoms with Gasteiger partial charge in [0.25, 0.3) is 0 Å². The third kappa shape index (κ3) is 6.90. The number of ether oxygens (including phenoxy) is 1. The summed E-state index contributed by atoms with van der Waals surface area (Å²) in [5.41, 5.74) is 2.96. The molecule has 1 unspecified atom stereocenters. The van der Waals surface area contributed by atoms with Crippen molar-refractivity contribution in [3.8, 4) is 5.75 Å². The molecule has 36 heavy (non-hydrogen) atoms. The van der Waals surface area contributed by atoms with Crippen molar-refractivity contribution in [1.29, 1.82) is 0 Å². The highest BCUT2D eigenvalue weighted by molar-refractivity contribution is 8.00. The number of methoxy groups -OCH3 is 1. The molecule has 0 saturated heterocycles. The number of benzene rings is 4. The molecule has 2 amide bonds. The molecule has 0 heterocycles. The molecule has 0 fully saturated rings. The molecule has 0 spiro atoms. The van der Waals surface area contributed by atoms with Crippen LogP contribution >= 0.6 is 23.4 Å². The second kappa shape index (κ2) is 12.3. The normalized spacial score (nSPS) is 11.4. The van der Waals surface area contributed by atoms with E-state index >= 15 is 0 Å². The molecule has 7 heteroatoms. The van der Waals surface area contributed by atoms with Gasteiger partial charge < -0.3 is 15.4 Å². The van der Waals surface area contributed by atoms with Crippen molar-refractivity contribution in [3.63, 3.8) is 0 Å². The number of hydrogen-bond acceptors (Lipinski definition) is 4. The molecule has 0 bridgehead atoms. The number of halogens is 1. The maximum atomic E-state index is 13.5. The summed E-state index contributed by atoms with van der Waals surface area (Å²) >= 11 is 7.54. The molecular weight excluding hydrogens is 492 g/mol. The van der Waals surface area contributed by atoms with Crippen molar-refractivity contribution >= 4 is 46.6 Å². The first-order valence-corrected chi connectivity index (χ1v) is 12.6. The standard InChI is InChI=1S/C29H25ClN2O3S/c1-35-26-16-15-22(30)18-25(26)32-29(34)28(21-11-6-3-7-12-21)36-24-14-8-13-23(19-24)31-27(33)17-20-9-4-2-5-10-20/h2-16,18-19,28H,17H2,1H3,(H,31,33)(H,32,34). The van der Waals surface area contributed by atoms with Gasteiger partial charge >= 0.3 is 0 Å². The van der Waals surface area contributed by atoms with Crippen LogP contribution in [0.3, 0.4) is 0 Å². The van der Waals surface area contributed by atoms with Crippen molar-refractivity contribution in [3.05, 3.63) is 119 Å². The summed E-state index contributed by atoms with van der Waals surface area (Å²) in [4.78, 5) is 26.8. The summed E-state index contributed by atoms with van der Waals surface area (Å²) in [5, 5.41) is 5.85. The van der Waals surface area contributed by atoms with Gasteiger partial charge in [0.2, 0.25) is 11.8 Å². The van der Waals surface area contributed by atoms with Crippen molar-refractivity contribution < 1.29 is 14.3 Å². The Bertz CT molecular complexity index is 1330. The van der Waals surface area contributed by atoms with Gasteiger partial charge in [0, 0.05) is 15.6 Å². The van der Waals surface area contributed by atoms with E-state index in [4.69, 9.17) is 16.3 Å². The molecule has 4 rings (SSSR count). The third-order valence-corrected chi connectivity index (χ3v) is 6.82. The molecule has 4 aromatic carbocycles. The Morgan fingerprint density at radius 1 is 0.861 bits per heavy atom. The number of carbonyl (C=O) groups excluding carboxylic acids is 2. The lowest BCUT2D eigenvalue weighted by Crippen LogP contribution is -2.19. The second-order valence-corrected chi connectivity index (χ2v) is 9.60. The highest BCUT2D eigenvalue weighted by atomic mass is 35.5. The highest BCUT2D eigenvalue weighted by Crippen LogP contribution is 2.38. The molecule has 5 nitrogen and oxygen atoms in total. The van der Waals surface area contributed by atoms with Crippen LogP contribution in [0.5, 0.6) is 5.75 Å². The molecule has 0 saturated carbocycles. The molecular formula is C29H25ClN2O3S. The van der Waals surface area contributed by atoms with Crippen LogP contribution in [0.1, 0.15) is 16.4 Å². The van der Waals surface area contributed by atoms with Gasteiger partial charge in [-0.3, -0.25) is 9.59 Å². The number of anilines is 2. The number of nitrogens with one attached hydrogen (secondary N) is 2. The Hall–Kier alpha value is -3.74. The van der Waals surface area contributed by atoms with Crippen molar-refractivity contribution in [2.75, 3.05) is 17.7 Å². The van der Waals surface area contributed by atoms with Crippen molar-refractivity contribution in [2.24, 2.45) is 0 Å². The first kappa shape index (κ1) is 25.4. The maximum Gasteiger partial charge on any atom is 0.242 e. The molecule has 1 atom stereocenters. The largest absolute Gasteiger partial charge is 0.495 e. The SMILES string of the molecule is COc1ccc(Cl)cc1NC(=O)C(Sc1cccc(NC(=O)Cc2ccccc2)c1)c1ccccc1. The summed E-state index contributed by atoms with van der Waals surface area (Å²) in [7, 11) is 1.54. The predicted molar refractivity (Wildman–Crippen MR) is 147 cm³/mol. The molecule has 0 aliphatic heterocycles. The number of carbonyl (C=O) groups is 2. The fourth-order valence-corrected chi connectivity index (χ4v) is 4.90. The molecule has 0 radical (unpaired) electrons. The van der Waals surface area contributed by atoms with Gasteiger partial charge in [0.05, 0.1) is 19.2 Å². The van der Waals surface area contributed by atoms with Gasteiger partial charge in [0.1, 0.15) is 11.0 Å². The van der Waals surface area contributed by atoms with Gasteiger partial charge in [-0.2, -0.15) is 0 Å². The van der Waals surface area contributed by atoms with E-state index in [1.54, 1.807) is 25.3 Å². The monoisotopic (exact) mass is 516 g/mol. The van der Waals surface area contributed by atoms with E-state index in [9.17, 15) is 9.59 Å². The Labute approximate surface area is 219 Å². The lowest BCUT2D eigenvalue weighted by atomic mass is 10.1. The van der Waals surface area contributed by atoms with Gasteiger partial charge in [-0.15, -0.1) is 11.8 Å². The smallest absolute Gasteiger partial charge is 0.242 e. The van der Waals surface area contributed by atoms with Gasteiger partial charge in [-0.1, -0.05) is 78.3 Å². The minimum atomic E-state index is -0.551. The third-order valence-electron chi connectivity index (χ3n) is 5.34. The highest BCUT2D eigenvalue weighted by Gasteiger charge is 2.23. The number of amides is 2. The average Bonchev–Trinajstić information content (AvgIpc) is 2.88. The number of thioether (sulfide) groups is 1. The van der Waals surface area contributed by atoms with E-state index in [0.717, 1.165) is 16.0 Å². The summed E-state index contributed by atoms with van der Waals surface area (Å²) < 4.78 is 5.38. The summed E-state index contributed by atoms with van der Waals surface area (Å²) in [6.07, 6.45) is 0.286. The zero-order valence-corrected chi connectivity index (χ0v) is 21.2. The van der Waals surface area contributed by atoms with E-state index in [1.165, 1.54) is 11.8 Å². The summed E-state index contributed by atoms with van der Waals surface area (Å²) in [6.45, 7) is 0. The zero-order valence-electron chi connectivity index (χ0n) is 19.6. The van der Waals surface area contributed by atoms with Crippen molar-refractivity contribution in [2.45, 2.75) is 16.6 Å². The minimum Gasteiger partial charge on any atom is -0.495 e. The van der Waals surface area contributed by atoms with Crippen LogP contribution in [0.2, 0.25) is 5.02 Å². The van der Waals surface area contributed by atoms with Gasteiger partial charge in [-0.25, -0.2) is 0 Å². The van der Waals surface area contributed by atoms with Crippen LogP contribution in [-0.4, -0.2) is 18.9 Å². The molecule has 0 aromatic heterocycles. The van der Waals surface area contributed by atoms with E-state index in [-0.39, 0.29) is 18.2 Å². The van der Waals surface area contributed by atoms with E-state index in [2.05, 4.69) is 10.6 Å². The van der Waals surface area contributed by atoms with E-state index in [1.807, 2.05) is 84.9 Å². The van der Waals surface area contributed by atoms with Crippen LogP contribution < -0.4 is 15.4 Å². The fourth-order valence-electron chi connectivity index (χ4n) is 3.65. The Morgan fingerprint density at radius 3 is 2.31 bits per heavy atom. The molecule has 182 valence electrons. The van der Waals surface area contributed by atoms with E-state index < -0.39 is 5.25 Å². The Kier molecular flexibility index (Phi) is 8.66. The zero-order chi connectivity index (χ0) is 25.3. The first-order chi connectivity index (χ1) is 17.5. The number of hydrogen-bond donors (Lipinski definition) is 2. The van der Waals surface area contributed by atoms with Crippen LogP contribution in [0.25, 0.3) is 0 Å². The van der Waals surface area contributed by atoms with Crippen LogP contribution in [0.4, 0.5) is 11.4 Å². The van der Waals surface area contributed by atoms with Crippen LogP contribution in [0, 0.1) is 0 Å². The first-order valence-electron chi connectivity index (χ1n) is 11.3. The van der Waals surface area contributed by atoms with Crippen LogP contribution in [-0.2, 0) is 16.0 Å². The lowest BCUT2D eigenvalue weighted by molar-refractivity contribution is -0.116. The quantitative estimate of drug-likeness (QED) is 0.235. The van der Waals surface area contributed by atoms with Crippen molar-refractivity contribution in [1.82, 2.24) is 0 Å². The molecule has 4 aromatic rings.